The van der Waals surface area contributed by atoms with Gasteiger partial charge in [0, 0.05) is 5.56 Å². The highest BCUT2D eigenvalue weighted by molar-refractivity contribution is 5.37. The van der Waals surface area contributed by atoms with Gasteiger partial charge in [-0.2, -0.15) is 0 Å². The minimum absolute atomic E-state index is 0.220. The van der Waals surface area contributed by atoms with Gasteiger partial charge < -0.3 is 9.84 Å². The van der Waals surface area contributed by atoms with Crippen molar-refractivity contribution in [2.75, 3.05) is 6.61 Å². The highest BCUT2D eigenvalue weighted by atomic mass is 19.1. The molecule has 0 radical (unpaired) electrons. The van der Waals surface area contributed by atoms with E-state index in [1.807, 2.05) is 6.07 Å². The van der Waals surface area contributed by atoms with E-state index in [0.717, 1.165) is 12.0 Å². The van der Waals surface area contributed by atoms with Crippen LogP contribution in [-0.4, -0.2) is 17.8 Å². The highest BCUT2D eigenvalue weighted by Crippen LogP contribution is 2.27. The molecule has 2 unspecified atom stereocenters. The first-order valence-corrected chi connectivity index (χ1v) is 7.20. The van der Waals surface area contributed by atoms with E-state index in [4.69, 9.17) is 9.84 Å². The number of benzene rings is 1. The number of rotatable bonds is 3. The van der Waals surface area contributed by atoms with Crippen LogP contribution in [0.3, 0.4) is 0 Å². The van der Waals surface area contributed by atoms with Crippen molar-refractivity contribution in [1.29, 1.82) is 0 Å². The van der Waals surface area contributed by atoms with Crippen molar-refractivity contribution in [3.8, 4) is 11.8 Å². The summed E-state index contributed by atoms with van der Waals surface area (Å²) in [6.45, 7) is 2.41. The van der Waals surface area contributed by atoms with E-state index in [2.05, 4.69) is 18.8 Å². The Morgan fingerprint density at radius 1 is 1.30 bits per heavy atom. The molecule has 1 fully saturated rings. The molecule has 2 atom stereocenters. The van der Waals surface area contributed by atoms with Crippen molar-refractivity contribution in [2.45, 2.75) is 45.3 Å². The van der Waals surface area contributed by atoms with Gasteiger partial charge in [0.05, 0.1) is 12.7 Å². The van der Waals surface area contributed by atoms with Crippen LogP contribution in [0.15, 0.2) is 18.2 Å². The molecule has 0 heterocycles. The number of halogens is 1. The van der Waals surface area contributed by atoms with E-state index in [1.54, 1.807) is 0 Å². The third kappa shape index (κ3) is 4.33. The summed E-state index contributed by atoms with van der Waals surface area (Å²) < 4.78 is 19.4. The molecule has 20 heavy (non-hydrogen) atoms. The largest absolute Gasteiger partial charge is 0.384 e. The molecule has 1 aliphatic rings. The first kappa shape index (κ1) is 15.0. The molecule has 108 valence electrons. The second-order valence-corrected chi connectivity index (χ2v) is 5.42. The molecule has 0 amide bonds. The maximum absolute atomic E-state index is 13.5. The smallest absolute Gasteiger partial charge is 0.124 e. The molecule has 1 aromatic carbocycles. The standard InChI is InChI=1S/C17H21FO2/c1-13-5-2-3-7-17(13)20-12-15-9-14(6-4-8-19)10-16(18)11-15/h9-11,13,17,19H,2-3,5,7-8,12H2,1H3. The quantitative estimate of drug-likeness (QED) is 0.859. The van der Waals surface area contributed by atoms with E-state index < -0.39 is 0 Å². The summed E-state index contributed by atoms with van der Waals surface area (Å²) in [4.78, 5) is 0. The van der Waals surface area contributed by atoms with Crippen LogP contribution >= 0.6 is 0 Å². The van der Waals surface area contributed by atoms with Gasteiger partial charge in [-0.05, 0) is 42.5 Å². The first-order chi connectivity index (χ1) is 9.69. The van der Waals surface area contributed by atoms with Gasteiger partial charge in [0.25, 0.3) is 0 Å². The molecule has 1 N–H and O–H groups in total. The Balaban J connectivity index is 1.99. The van der Waals surface area contributed by atoms with Crippen molar-refractivity contribution in [1.82, 2.24) is 0 Å². The average Bonchev–Trinajstić information content (AvgIpc) is 2.44. The number of aliphatic hydroxyl groups excluding tert-OH is 1. The lowest BCUT2D eigenvalue weighted by molar-refractivity contribution is -0.0155. The topological polar surface area (TPSA) is 29.5 Å². The predicted molar refractivity (Wildman–Crippen MR) is 76.6 cm³/mol. The molecule has 0 spiro atoms. The fourth-order valence-corrected chi connectivity index (χ4v) is 2.68. The first-order valence-electron chi connectivity index (χ1n) is 7.20. The Labute approximate surface area is 120 Å². The molecule has 3 heteroatoms. The Hall–Kier alpha value is -1.37. The van der Waals surface area contributed by atoms with Crippen LogP contribution in [0, 0.1) is 23.6 Å². The van der Waals surface area contributed by atoms with Crippen LogP contribution in [0.25, 0.3) is 0 Å². The number of hydrogen-bond donors (Lipinski definition) is 1. The molecule has 1 saturated carbocycles. The molecular formula is C17H21FO2. The highest BCUT2D eigenvalue weighted by Gasteiger charge is 2.21. The maximum Gasteiger partial charge on any atom is 0.124 e. The minimum atomic E-state index is -0.315. The second-order valence-electron chi connectivity index (χ2n) is 5.42. The van der Waals surface area contributed by atoms with Crippen molar-refractivity contribution >= 4 is 0 Å². The third-order valence-corrected chi connectivity index (χ3v) is 3.77. The van der Waals surface area contributed by atoms with Crippen molar-refractivity contribution < 1.29 is 14.2 Å². The number of hydrogen-bond acceptors (Lipinski definition) is 2. The Morgan fingerprint density at radius 2 is 2.10 bits per heavy atom. The fraction of sp³-hybridized carbons (Fsp3) is 0.529. The lowest BCUT2D eigenvalue weighted by Crippen LogP contribution is -2.25. The van der Waals surface area contributed by atoms with Gasteiger partial charge in [-0.1, -0.05) is 31.6 Å². The van der Waals surface area contributed by atoms with Gasteiger partial charge in [0.1, 0.15) is 12.4 Å². The monoisotopic (exact) mass is 276 g/mol. The third-order valence-electron chi connectivity index (χ3n) is 3.77. The fourth-order valence-electron chi connectivity index (χ4n) is 2.68. The summed E-state index contributed by atoms with van der Waals surface area (Å²) in [5.74, 6) is 5.52. The van der Waals surface area contributed by atoms with Crippen LogP contribution in [0.4, 0.5) is 4.39 Å². The average molecular weight is 276 g/mol. The molecule has 1 aromatic rings. The Morgan fingerprint density at radius 3 is 2.85 bits per heavy atom. The lowest BCUT2D eigenvalue weighted by Gasteiger charge is -2.28. The molecular weight excluding hydrogens is 255 g/mol. The minimum Gasteiger partial charge on any atom is -0.384 e. The van der Waals surface area contributed by atoms with Gasteiger partial charge in [-0.25, -0.2) is 4.39 Å². The molecule has 0 aromatic heterocycles. The lowest BCUT2D eigenvalue weighted by atomic mass is 9.88. The van der Waals surface area contributed by atoms with E-state index in [9.17, 15) is 4.39 Å². The zero-order valence-corrected chi connectivity index (χ0v) is 11.9. The van der Waals surface area contributed by atoms with Crippen molar-refractivity contribution in [3.63, 3.8) is 0 Å². The summed E-state index contributed by atoms with van der Waals surface area (Å²) in [7, 11) is 0. The van der Waals surface area contributed by atoms with Crippen LogP contribution in [-0.2, 0) is 11.3 Å². The predicted octanol–water partition coefficient (Wildman–Crippen LogP) is 3.26. The zero-order valence-electron chi connectivity index (χ0n) is 11.9. The molecule has 0 aliphatic heterocycles. The number of aliphatic hydroxyl groups is 1. The van der Waals surface area contributed by atoms with E-state index in [-0.39, 0.29) is 18.5 Å². The van der Waals surface area contributed by atoms with E-state index in [0.29, 0.717) is 18.1 Å². The van der Waals surface area contributed by atoms with Crippen molar-refractivity contribution in [3.05, 3.63) is 35.1 Å². The molecule has 1 aliphatic carbocycles. The maximum atomic E-state index is 13.5. The number of ether oxygens (including phenoxy) is 1. The van der Waals surface area contributed by atoms with Gasteiger partial charge in [-0.15, -0.1) is 0 Å². The van der Waals surface area contributed by atoms with Crippen LogP contribution in [0.5, 0.6) is 0 Å². The summed E-state index contributed by atoms with van der Waals surface area (Å²) in [6, 6.07) is 4.67. The molecule has 0 bridgehead atoms. The normalized spacial score (nSPS) is 22.1. The van der Waals surface area contributed by atoms with Gasteiger partial charge in [0.2, 0.25) is 0 Å². The second kappa shape index (κ2) is 7.42. The van der Waals surface area contributed by atoms with Gasteiger partial charge in [-0.3, -0.25) is 0 Å². The van der Waals surface area contributed by atoms with E-state index >= 15 is 0 Å². The van der Waals surface area contributed by atoms with Gasteiger partial charge in [0.15, 0.2) is 0 Å². The summed E-state index contributed by atoms with van der Waals surface area (Å²) in [6.07, 6.45) is 5.07. The zero-order chi connectivity index (χ0) is 14.4. The van der Waals surface area contributed by atoms with Crippen LogP contribution < -0.4 is 0 Å². The summed E-state index contributed by atoms with van der Waals surface area (Å²) in [5.41, 5.74) is 1.37. The SMILES string of the molecule is CC1CCCCC1OCc1cc(F)cc(C#CCO)c1. The Bertz CT molecular complexity index is 501. The molecule has 2 nitrogen and oxygen atoms in total. The van der Waals surface area contributed by atoms with E-state index in [1.165, 1.54) is 31.4 Å². The molecule has 0 saturated heterocycles. The Kier molecular flexibility index (Phi) is 5.58. The summed E-state index contributed by atoms with van der Waals surface area (Å²) >= 11 is 0. The molecule has 2 rings (SSSR count). The van der Waals surface area contributed by atoms with Gasteiger partial charge >= 0.3 is 0 Å². The summed E-state index contributed by atoms with van der Waals surface area (Å²) in [5, 5.41) is 8.68. The van der Waals surface area contributed by atoms with Crippen LogP contribution in [0.2, 0.25) is 0 Å². The van der Waals surface area contributed by atoms with Crippen LogP contribution in [0.1, 0.15) is 43.7 Å². The van der Waals surface area contributed by atoms with Crippen molar-refractivity contribution in [2.24, 2.45) is 5.92 Å².